The van der Waals surface area contributed by atoms with Crippen molar-refractivity contribution in [2.45, 2.75) is 25.4 Å². The molecule has 1 atom stereocenters. The molecule has 1 aromatic heterocycles. The van der Waals surface area contributed by atoms with Gasteiger partial charge < -0.3 is 5.73 Å². The van der Waals surface area contributed by atoms with E-state index in [-0.39, 0.29) is 0 Å². The van der Waals surface area contributed by atoms with Crippen LogP contribution in [0, 0.1) is 11.8 Å². The van der Waals surface area contributed by atoms with Gasteiger partial charge in [-0.2, -0.15) is 0 Å². The molecule has 3 heterocycles. The molecule has 4 heteroatoms. The number of nitrogens with two attached hydrogens (primary N) is 1. The summed E-state index contributed by atoms with van der Waals surface area (Å²) in [4.78, 5) is 6.64. The van der Waals surface area contributed by atoms with Crippen molar-refractivity contribution in [3.63, 3.8) is 0 Å². The first-order valence-corrected chi connectivity index (χ1v) is 7.96. The monoisotopic (exact) mass is 275 g/mol. The molecular formula is C15H21N3S. The van der Waals surface area contributed by atoms with Crippen LogP contribution in [0.25, 0.3) is 0 Å². The van der Waals surface area contributed by atoms with E-state index in [9.17, 15) is 0 Å². The number of hydrogen-bond acceptors (Lipinski definition) is 4. The molecule has 2 aliphatic heterocycles. The first kappa shape index (κ1) is 13.1. The topological polar surface area (TPSA) is 32.5 Å². The lowest BCUT2D eigenvalue weighted by molar-refractivity contribution is 0.100. The van der Waals surface area contributed by atoms with Crippen molar-refractivity contribution >= 4 is 11.3 Å². The van der Waals surface area contributed by atoms with Gasteiger partial charge in [0.1, 0.15) is 0 Å². The lowest BCUT2D eigenvalue weighted by atomic mass is 10.1. The minimum atomic E-state index is 0.441. The van der Waals surface area contributed by atoms with Gasteiger partial charge in [0.05, 0.1) is 6.54 Å². The lowest BCUT2D eigenvalue weighted by Gasteiger charge is -2.37. The van der Waals surface area contributed by atoms with Crippen LogP contribution in [0.4, 0.5) is 0 Å². The summed E-state index contributed by atoms with van der Waals surface area (Å²) in [6.45, 7) is 6.46. The van der Waals surface area contributed by atoms with Crippen LogP contribution in [0.15, 0.2) is 11.4 Å². The van der Waals surface area contributed by atoms with Crippen LogP contribution in [0.3, 0.4) is 0 Å². The average Bonchev–Trinajstić information content (AvgIpc) is 3.05. The van der Waals surface area contributed by atoms with Crippen molar-refractivity contribution < 1.29 is 0 Å². The molecule has 0 bridgehead atoms. The Labute approximate surface area is 119 Å². The molecule has 2 aliphatic rings. The third-order valence-corrected chi connectivity index (χ3v) is 5.01. The van der Waals surface area contributed by atoms with Gasteiger partial charge in [0.2, 0.25) is 0 Å². The summed E-state index contributed by atoms with van der Waals surface area (Å²) in [5, 5.41) is 2.14. The van der Waals surface area contributed by atoms with Gasteiger partial charge in [-0.1, -0.05) is 11.8 Å². The van der Waals surface area contributed by atoms with Gasteiger partial charge in [-0.15, -0.1) is 11.3 Å². The molecule has 2 N–H and O–H groups in total. The molecule has 102 valence electrons. The molecule has 3 nitrogen and oxygen atoms in total. The van der Waals surface area contributed by atoms with Crippen LogP contribution >= 0.6 is 11.3 Å². The third kappa shape index (κ3) is 3.01. The zero-order chi connectivity index (χ0) is 13.1. The van der Waals surface area contributed by atoms with E-state index in [0.29, 0.717) is 6.54 Å². The molecule has 0 spiro atoms. The summed E-state index contributed by atoms with van der Waals surface area (Å²) < 4.78 is 0. The van der Waals surface area contributed by atoms with E-state index >= 15 is 0 Å². The Morgan fingerprint density at radius 3 is 3.21 bits per heavy atom. The van der Waals surface area contributed by atoms with Crippen molar-refractivity contribution in [2.24, 2.45) is 5.73 Å². The zero-order valence-corrected chi connectivity index (χ0v) is 12.1. The van der Waals surface area contributed by atoms with E-state index in [1.807, 2.05) is 11.3 Å². The summed E-state index contributed by atoms with van der Waals surface area (Å²) in [6, 6.07) is 2.92. The predicted molar refractivity (Wildman–Crippen MR) is 80.1 cm³/mol. The van der Waals surface area contributed by atoms with E-state index < -0.39 is 0 Å². The van der Waals surface area contributed by atoms with Gasteiger partial charge in [-0.25, -0.2) is 0 Å². The second-order valence-electron chi connectivity index (χ2n) is 5.33. The minimum absolute atomic E-state index is 0.441. The smallest absolute Gasteiger partial charge is 0.0555 e. The fourth-order valence-electron chi connectivity index (χ4n) is 3.12. The highest BCUT2D eigenvalue weighted by Crippen LogP contribution is 2.24. The molecule has 1 aromatic rings. The molecule has 3 rings (SSSR count). The molecule has 0 radical (unpaired) electrons. The van der Waals surface area contributed by atoms with Gasteiger partial charge in [-0.05, 0) is 30.8 Å². The molecule has 0 aliphatic carbocycles. The molecule has 1 unspecified atom stereocenters. The van der Waals surface area contributed by atoms with Crippen molar-refractivity contribution in [2.75, 3.05) is 32.7 Å². The van der Waals surface area contributed by atoms with Crippen LogP contribution in [0.2, 0.25) is 0 Å². The van der Waals surface area contributed by atoms with E-state index in [0.717, 1.165) is 12.6 Å². The van der Waals surface area contributed by atoms with E-state index in [1.165, 1.54) is 49.5 Å². The predicted octanol–water partition coefficient (Wildman–Crippen LogP) is 1.34. The molecule has 0 amide bonds. The van der Waals surface area contributed by atoms with E-state index in [2.05, 4.69) is 33.1 Å². The van der Waals surface area contributed by atoms with Crippen molar-refractivity contribution in [3.05, 3.63) is 21.9 Å². The Balaban J connectivity index is 1.64. The highest BCUT2D eigenvalue weighted by molar-refractivity contribution is 7.10. The molecule has 2 fully saturated rings. The Morgan fingerprint density at radius 2 is 2.32 bits per heavy atom. The van der Waals surface area contributed by atoms with Gasteiger partial charge in [0.15, 0.2) is 0 Å². The highest BCUT2D eigenvalue weighted by atomic mass is 32.1. The summed E-state index contributed by atoms with van der Waals surface area (Å²) in [5.74, 6) is 6.15. The summed E-state index contributed by atoms with van der Waals surface area (Å²) in [7, 11) is 0. The molecule has 19 heavy (non-hydrogen) atoms. The largest absolute Gasteiger partial charge is 0.320 e. The highest BCUT2D eigenvalue weighted by Gasteiger charge is 2.30. The molecule has 0 aromatic carbocycles. The van der Waals surface area contributed by atoms with Gasteiger partial charge in [-0.3, -0.25) is 9.80 Å². The van der Waals surface area contributed by atoms with Gasteiger partial charge in [0.25, 0.3) is 0 Å². The Morgan fingerprint density at radius 1 is 1.37 bits per heavy atom. The third-order valence-electron chi connectivity index (χ3n) is 4.11. The van der Waals surface area contributed by atoms with Crippen molar-refractivity contribution in [3.8, 4) is 11.8 Å². The summed E-state index contributed by atoms with van der Waals surface area (Å²) >= 11 is 1.82. The van der Waals surface area contributed by atoms with Crippen molar-refractivity contribution in [1.29, 1.82) is 0 Å². The Bertz CT molecular complexity index is 485. The molecular weight excluding hydrogens is 254 g/mol. The maximum absolute atomic E-state index is 5.45. The van der Waals surface area contributed by atoms with Gasteiger partial charge >= 0.3 is 0 Å². The second kappa shape index (κ2) is 6.06. The van der Waals surface area contributed by atoms with Crippen LogP contribution in [0.5, 0.6) is 0 Å². The standard InChI is InChI=1S/C15H21N3S/c16-6-1-3-13-5-10-19-15(13)12-17-8-9-18-7-2-4-14(18)11-17/h5,10,14H,2,4,6-9,11-12,16H2. The summed E-state index contributed by atoms with van der Waals surface area (Å²) in [5.41, 5.74) is 6.62. The van der Waals surface area contributed by atoms with Crippen molar-refractivity contribution in [1.82, 2.24) is 9.80 Å². The Hall–Kier alpha value is -0.860. The van der Waals surface area contributed by atoms with Crippen LogP contribution in [0.1, 0.15) is 23.3 Å². The zero-order valence-electron chi connectivity index (χ0n) is 11.3. The fourth-order valence-corrected chi connectivity index (χ4v) is 3.99. The first-order valence-electron chi connectivity index (χ1n) is 7.08. The lowest BCUT2D eigenvalue weighted by Crippen LogP contribution is -2.49. The first-order chi connectivity index (χ1) is 9.36. The number of rotatable bonds is 2. The number of thiophene rings is 1. The van der Waals surface area contributed by atoms with E-state index in [1.54, 1.807) is 0 Å². The molecule has 2 saturated heterocycles. The summed E-state index contributed by atoms with van der Waals surface area (Å²) in [6.07, 6.45) is 2.76. The number of piperazine rings is 1. The van der Waals surface area contributed by atoms with Crippen LogP contribution < -0.4 is 5.73 Å². The van der Waals surface area contributed by atoms with E-state index in [4.69, 9.17) is 5.73 Å². The number of hydrogen-bond donors (Lipinski definition) is 1. The minimum Gasteiger partial charge on any atom is -0.320 e. The normalized spacial score (nSPS) is 23.9. The van der Waals surface area contributed by atoms with Crippen LogP contribution in [-0.4, -0.2) is 48.6 Å². The Kier molecular flexibility index (Phi) is 4.19. The molecule has 0 saturated carbocycles. The second-order valence-corrected chi connectivity index (χ2v) is 6.33. The fraction of sp³-hybridized carbons (Fsp3) is 0.600. The maximum Gasteiger partial charge on any atom is 0.0555 e. The average molecular weight is 275 g/mol. The SMILES string of the molecule is NCC#Cc1ccsc1CN1CCN2CCCC2C1. The van der Waals surface area contributed by atoms with Gasteiger partial charge in [0, 0.05) is 42.7 Å². The van der Waals surface area contributed by atoms with Crippen LogP contribution in [-0.2, 0) is 6.54 Å². The maximum atomic E-state index is 5.45. The quantitative estimate of drug-likeness (QED) is 0.827. The number of fused-ring (bicyclic) bond motifs is 1. The number of nitrogens with zero attached hydrogens (tertiary/aromatic N) is 2.